The van der Waals surface area contributed by atoms with Crippen molar-refractivity contribution in [2.45, 2.75) is 25.8 Å². The van der Waals surface area contributed by atoms with Crippen LogP contribution < -0.4 is 11.3 Å². The van der Waals surface area contributed by atoms with Crippen LogP contribution in [-0.2, 0) is 11.2 Å². The molecule has 0 heterocycles. The number of hydrogen-bond acceptors (Lipinski definition) is 3. The second-order valence-electron chi connectivity index (χ2n) is 4.49. The van der Waals surface area contributed by atoms with Gasteiger partial charge in [0.15, 0.2) is 0 Å². The Hall–Kier alpha value is -0.420. The van der Waals surface area contributed by atoms with Crippen LogP contribution in [0.4, 0.5) is 0 Å². The maximum atomic E-state index is 5.60. The average Bonchev–Trinajstić information content (AvgIpc) is 2.28. The van der Waals surface area contributed by atoms with Crippen molar-refractivity contribution >= 4 is 15.9 Å². The van der Waals surface area contributed by atoms with Gasteiger partial charge in [0.05, 0.1) is 0 Å². The number of rotatable bonds is 7. The van der Waals surface area contributed by atoms with Gasteiger partial charge < -0.3 is 4.74 Å². The minimum Gasteiger partial charge on any atom is -0.384 e. The zero-order chi connectivity index (χ0) is 12.7. The number of ether oxygens (including phenoxy) is 1. The molecular formula is C13H21BrN2O. The van der Waals surface area contributed by atoms with Crippen molar-refractivity contribution in [2.75, 3.05) is 13.7 Å². The second kappa shape index (κ2) is 7.82. The molecule has 2 unspecified atom stereocenters. The molecular weight excluding hydrogens is 280 g/mol. The first kappa shape index (κ1) is 14.6. The molecule has 1 aromatic carbocycles. The highest BCUT2D eigenvalue weighted by atomic mass is 79.9. The number of nitrogens with two attached hydrogens (primary N) is 1. The summed E-state index contributed by atoms with van der Waals surface area (Å²) in [6.45, 7) is 2.95. The highest BCUT2D eigenvalue weighted by Gasteiger charge is 2.12. The van der Waals surface area contributed by atoms with Crippen molar-refractivity contribution in [1.29, 1.82) is 0 Å². The van der Waals surface area contributed by atoms with Gasteiger partial charge in [-0.25, -0.2) is 0 Å². The Morgan fingerprint density at radius 2 is 2.24 bits per heavy atom. The fourth-order valence-corrected chi connectivity index (χ4v) is 2.44. The smallest absolute Gasteiger partial charge is 0.0488 e. The molecule has 3 N–H and O–H groups in total. The van der Waals surface area contributed by atoms with Crippen LogP contribution in [0.5, 0.6) is 0 Å². The standard InChI is InChI=1S/C13H21BrN2O/c1-10(9-17-2)6-13(16-15)8-11-4-3-5-12(14)7-11/h3-5,7,10,13,16H,6,8-9,15H2,1-2H3. The van der Waals surface area contributed by atoms with Crippen molar-refractivity contribution in [3.63, 3.8) is 0 Å². The molecule has 0 bridgehead atoms. The molecule has 0 fully saturated rings. The first-order valence-electron chi connectivity index (χ1n) is 5.85. The summed E-state index contributed by atoms with van der Waals surface area (Å²) in [5.74, 6) is 6.11. The Kier molecular flexibility index (Phi) is 6.73. The zero-order valence-corrected chi connectivity index (χ0v) is 12.0. The van der Waals surface area contributed by atoms with E-state index in [9.17, 15) is 0 Å². The van der Waals surface area contributed by atoms with Crippen LogP contribution in [0, 0.1) is 5.92 Å². The van der Waals surface area contributed by atoms with Gasteiger partial charge >= 0.3 is 0 Å². The van der Waals surface area contributed by atoms with E-state index in [4.69, 9.17) is 10.6 Å². The second-order valence-corrected chi connectivity index (χ2v) is 5.41. The number of hydrogen-bond donors (Lipinski definition) is 2. The summed E-state index contributed by atoms with van der Waals surface area (Å²) in [5, 5.41) is 0. The van der Waals surface area contributed by atoms with Gasteiger partial charge in [0.25, 0.3) is 0 Å². The van der Waals surface area contributed by atoms with Gasteiger partial charge in [-0.3, -0.25) is 11.3 Å². The third-order valence-corrected chi connectivity index (χ3v) is 3.24. The van der Waals surface area contributed by atoms with Gasteiger partial charge in [-0.15, -0.1) is 0 Å². The summed E-state index contributed by atoms with van der Waals surface area (Å²) in [5.41, 5.74) is 4.17. The third-order valence-electron chi connectivity index (χ3n) is 2.74. The number of nitrogens with one attached hydrogen (secondary N) is 1. The molecule has 96 valence electrons. The lowest BCUT2D eigenvalue weighted by molar-refractivity contribution is 0.149. The minimum absolute atomic E-state index is 0.287. The number of methoxy groups -OCH3 is 1. The molecule has 0 spiro atoms. The molecule has 0 saturated heterocycles. The number of halogens is 1. The topological polar surface area (TPSA) is 47.3 Å². The molecule has 0 radical (unpaired) electrons. The van der Waals surface area contributed by atoms with Gasteiger partial charge in [-0.2, -0.15) is 0 Å². The van der Waals surface area contributed by atoms with Crippen molar-refractivity contribution in [1.82, 2.24) is 5.43 Å². The lowest BCUT2D eigenvalue weighted by atomic mass is 9.97. The maximum Gasteiger partial charge on any atom is 0.0488 e. The van der Waals surface area contributed by atoms with Crippen molar-refractivity contribution in [3.8, 4) is 0 Å². The molecule has 0 aromatic heterocycles. The summed E-state index contributed by atoms with van der Waals surface area (Å²) in [7, 11) is 1.73. The van der Waals surface area contributed by atoms with Gasteiger partial charge in [0.2, 0.25) is 0 Å². The number of benzene rings is 1. The van der Waals surface area contributed by atoms with Crippen LogP contribution in [0.25, 0.3) is 0 Å². The Labute approximate surface area is 112 Å². The van der Waals surface area contributed by atoms with Crippen LogP contribution in [-0.4, -0.2) is 19.8 Å². The largest absolute Gasteiger partial charge is 0.384 e. The molecule has 4 heteroatoms. The van der Waals surface area contributed by atoms with Crippen molar-refractivity contribution in [2.24, 2.45) is 11.8 Å². The molecule has 0 amide bonds. The van der Waals surface area contributed by atoms with Crippen LogP contribution in [0.1, 0.15) is 18.9 Å². The fraction of sp³-hybridized carbons (Fsp3) is 0.538. The zero-order valence-electron chi connectivity index (χ0n) is 10.4. The highest BCUT2D eigenvalue weighted by molar-refractivity contribution is 9.10. The van der Waals surface area contributed by atoms with E-state index in [1.165, 1.54) is 5.56 Å². The molecule has 0 aliphatic carbocycles. The van der Waals surface area contributed by atoms with Gasteiger partial charge in [0, 0.05) is 24.2 Å². The first-order valence-corrected chi connectivity index (χ1v) is 6.64. The SMILES string of the molecule is COCC(C)CC(Cc1cccc(Br)c1)NN. The molecule has 0 aliphatic heterocycles. The molecule has 1 aromatic rings. The molecule has 2 atom stereocenters. The van der Waals surface area contributed by atoms with Crippen LogP contribution in [0.2, 0.25) is 0 Å². The normalized spacial score (nSPS) is 14.6. The van der Waals surface area contributed by atoms with Crippen LogP contribution in [0.15, 0.2) is 28.7 Å². The van der Waals surface area contributed by atoms with E-state index in [-0.39, 0.29) is 6.04 Å². The van der Waals surface area contributed by atoms with E-state index in [2.05, 4.69) is 40.4 Å². The summed E-state index contributed by atoms with van der Waals surface area (Å²) >= 11 is 3.48. The lowest BCUT2D eigenvalue weighted by Crippen LogP contribution is -2.38. The fourth-order valence-electron chi connectivity index (χ4n) is 2.00. The molecule has 17 heavy (non-hydrogen) atoms. The van der Waals surface area contributed by atoms with Gasteiger partial charge in [-0.1, -0.05) is 35.0 Å². The lowest BCUT2D eigenvalue weighted by Gasteiger charge is -2.20. The molecule has 0 saturated carbocycles. The summed E-state index contributed by atoms with van der Waals surface area (Å²) in [6.07, 6.45) is 1.95. The summed E-state index contributed by atoms with van der Waals surface area (Å²) in [4.78, 5) is 0. The Morgan fingerprint density at radius 3 is 2.82 bits per heavy atom. The molecule has 1 rings (SSSR count). The summed E-state index contributed by atoms with van der Waals surface area (Å²) in [6, 6.07) is 8.61. The Balaban J connectivity index is 2.51. The van der Waals surface area contributed by atoms with E-state index in [1.54, 1.807) is 7.11 Å². The van der Waals surface area contributed by atoms with E-state index >= 15 is 0 Å². The van der Waals surface area contributed by atoms with Gasteiger partial charge in [-0.05, 0) is 36.5 Å². The first-order chi connectivity index (χ1) is 8.15. The molecule has 0 aliphatic rings. The predicted molar refractivity (Wildman–Crippen MR) is 74.6 cm³/mol. The average molecular weight is 301 g/mol. The van der Waals surface area contributed by atoms with Crippen molar-refractivity contribution in [3.05, 3.63) is 34.3 Å². The minimum atomic E-state index is 0.287. The Bertz CT molecular complexity index is 333. The number of hydrazine groups is 1. The predicted octanol–water partition coefficient (Wildman–Crippen LogP) is 2.50. The van der Waals surface area contributed by atoms with Gasteiger partial charge in [0.1, 0.15) is 0 Å². The van der Waals surface area contributed by atoms with E-state index < -0.39 is 0 Å². The Morgan fingerprint density at radius 1 is 1.47 bits per heavy atom. The van der Waals surface area contributed by atoms with Crippen LogP contribution >= 0.6 is 15.9 Å². The molecule has 3 nitrogen and oxygen atoms in total. The maximum absolute atomic E-state index is 5.60. The quantitative estimate of drug-likeness (QED) is 0.601. The van der Waals surface area contributed by atoms with E-state index in [1.807, 2.05) is 12.1 Å². The van der Waals surface area contributed by atoms with E-state index in [0.29, 0.717) is 5.92 Å². The third kappa shape index (κ3) is 5.64. The monoisotopic (exact) mass is 300 g/mol. The van der Waals surface area contributed by atoms with Crippen LogP contribution in [0.3, 0.4) is 0 Å². The highest BCUT2D eigenvalue weighted by Crippen LogP contribution is 2.15. The van der Waals surface area contributed by atoms with Crippen molar-refractivity contribution < 1.29 is 4.74 Å². The summed E-state index contributed by atoms with van der Waals surface area (Å²) < 4.78 is 6.25. The van der Waals surface area contributed by atoms with E-state index in [0.717, 1.165) is 23.9 Å².